The Kier molecular flexibility index (Phi) is 6.26. The van der Waals surface area contributed by atoms with E-state index >= 15 is 0 Å². The maximum Gasteiger partial charge on any atom is 0.228 e. The van der Waals surface area contributed by atoms with Crippen molar-refractivity contribution in [1.82, 2.24) is 4.90 Å². The van der Waals surface area contributed by atoms with Crippen molar-refractivity contribution in [3.05, 3.63) is 59.7 Å². The molecule has 2 atom stereocenters. The van der Waals surface area contributed by atoms with Gasteiger partial charge in [-0.25, -0.2) is 0 Å². The van der Waals surface area contributed by atoms with Crippen molar-refractivity contribution in [1.29, 1.82) is 0 Å². The largest absolute Gasteiger partial charge is 0.497 e. The molecule has 1 aliphatic rings. The van der Waals surface area contributed by atoms with Gasteiger partial charge in [0.05, 0.1) is 19.1 Å². The first-order chi connectivity index (χ1) is 13.8. The van der Waals surface area contributed by atoms with Gasteiger partial charge < -0.3 is 14.5 Å². The summed E-state index contributed by atoms with van der Waals surface area (Å²) >= 11 is 0. The van der Waals surface area contributed by atoms with Gasteiger partial charge in [0.25, 0.3) is 0 Å². The van der Waals surface area contributed by atoms with Crippen molar-refractivity contribution in [2.24, 2.45) is 5.92 Å². The lowest BCUT2D eigenvalue weighted by atomic mass is 9.82. The number of carbonyl (C=O) groups is 2. The number of aryl methyl sites for hydroxylation is 1. The molecule has 1 aliphatic heterocycles. The molecule has 3 rings (SSSR count). The molecule has 2 amide bonds. The maximum atomic E-state index is 13.3. The third kappa shape index (κ3) is 4.29. The molecule has 2 aromatic carbocycles. The summed E-state index contributed by atoms with van der Waals surface area (Å²) in [4.78, 5) is 30.0. The molecule has 0 radical (unpaired) electrons. The molecular weight excluding hydrogens is 364 g/mol. The van der Waals surface area contributed by atoms with E-state index in [4.69, 9.17) is 4.74 Å². The van der Waals surface area contributed by atoms with Crippen LogP contribution in [0.5, 0.6) is 5.75 Å². The zero-order valence-corrected chi connectivity index (χ0v) is 17.9. The highest BCUT2D eigenvalue weighted by atomic mass is 16.5. The summed E-state index contributed by atoms with van der Waals surface area (Å²) in [5.41, 5.74) is 2.90. The van der Waals surface area contributed by atoms with Gasteiger partial charge in [0.15, 0.2) is 0 Å². The van der Waals surface area contributed by atoms with E-state index in [0.717, 1.165) is 22.6 Å². The zero-order chi connectivity index (χ0) is 21.1. The van der Waals surface area contributed by atoms with Gasteiger partial charge in [-0.1, -0.05) is 29.8 Å². The summed E-state index contributed by atoms with van der Waals surface area (Å²) in [6.07, 6.45) is 0.913. The Labute approximate surface area is 173 Å². The summed E-state index contributed by atoms with van der Waals surface area (Å²) in [6.45, 7) is 6.03. The van der Waals surface area contributed by atoms with Crippen molar-refractivity contribution in [3.8, 4) is 5.75 Å². The van der Waals surface area contributed by atoms with Crippen molar-refractivity contribution in [3.63, 3.8) is 0 Å². The summed E-state index contributed by atoms with van der Waals surface area (Å²) < 4.78 is 5.29. The van der Waals surface area contributed by atoms with E-state index < -0.39 is 0 Å². The molecule has 1 saturated heterocycles. The molecule has 0 aromatic heterocycles. The van der Waals surface area contributed by atoms with Gasteiger partial charge in [-0.2, -0.15) is 0 Å². The lowest BCUT2D eigenvalue weighted by molar-refractivity contribution is -0.138. The van der Waals surface area contributed by atoms with Crippen LogP contribution >= 0.6 is 0 Å². The number of anilines is 1. The van der Waals surface area contributed by atoms with E-state index in [1.165, 1.54) is 0 Å². The minimum Gasteiger partial charge on any atom is -0.497 e. The normalized spacial score (nSPS) is 19.4. The second kappa shape index (κ2) is 8.68. The Morgan fingerprint density at radius 2 is 1.72 bits per heavy atom. The summed E-state index contributed by atoms with van der Waals surface area (Å²) in [6, 6.07) is 15.4. The number of benzene rings is 2. The fraction of sp³-hybridized carbons (Fsp3) is 0.417. The van der Waals surface area contributed by atoms with Crippen LogP contribution in [-0.4, -0.2) is 36.9 Å². The van der Waals surface area contributed by atoms with Crippen LogP contribution < -0.4 is 9.64 Å². The first kappa shape index (κ1) is 20.9. The lowest BCUT2D eigenvalue weighted by Crippen LogP contribution is -2.49. The highest BCUT2D eigenvalue weighted by Crippen LogP contribution is 2.41. The molecule has 1 heterocycles. The second-order valence-corrected chi connectivity index (χ2v) is 8.01. The Bertz CT molecular complexity index is 859. The van der Waals surface area contributed by atoms with Gasteiger partial charge in [0, 0.05) is 25.2 Å². The number of carbonyl (C=O) groups excluding carboxylic acids is 2. The van der Waals surface area contributed by atoms with E-state index in [2.05, 4.69) is 0 Å². The Morgan fingerprint density at radius 3 is 2.28 bits per heavy atom. The number of rotatable bonds is 5. The third-order valence-electron chi connectivity index (χ3n) is 5.81. The standard InChI is InChI=1S/C24H30N2O3/c1-16(2)25(4)24(28)21-14-15-22(27)26(19-10-6-17(3)7-11-19)23(21)18-8-12-20(29-5)13-9-18/h6-13,16,21,23H,14-15H2,1-5H3. The van der Waals surface area contributed by atoms with E-state index in [1.54, 1.807) is 12.0 Å². The predicted octanol–water partition coefficient (Wildman–Crippen LogP) is 4.35. The van der Waals surface area contributed by atoms with Crippen LogP contribution in [0.3, 0.4) is 0 Å². The van der Waals surface area contributed by atoms with Crippen molar-refractivity contribution in [2.75, 3.05) is 19.1 Å². The topological polar surface area (TPSA) is 49.9 Å². The molecule has 2 aromatic rings. The fourth-order valence-electron chi connectivity index (χ4n) is 3.86. The van der Waals surface area contributed by atoms with Crippen molar-refractivity contribution in [2.45, 2.75) is 45.7 Å². The molecule has 1 fully saturated rings. The summed E-state index contributed by atoms with van der Waals surface area (Å²) in [7, 11) is 3.46. The quantitative estimate of drug-likeness (QED) is 0.757. The van der Waals surface area contributed by atoms with Gasteiger partial charge in [-0.05, 0) is 57.0 Å². The van der Waals surface area contributed by atoms with E-state index in [0.29, 0.717) is 12.8 Å². The Morgan fingerprint density at radius 1 is 1.10 bits per heavy atom. The molecule has 0 saturated carbocycles. The minimum atomic E-state index is -0.349. The Balaban J connectivity index is 2.08. The smallest absolute Gasteiger partial charge is 0.228 e. The van der Waals surface area contributed by atoms with E-state index in [1.807, 2.05) is 81.2 Å². The molecule has 5 nitrogen and oxygen atoms in total. The maximum absolute atomic E-state index is 13.3. The fourth-order valence-corrected chi connectivity index (χ4v) is 3.86. The van der Waals surface area contributed by atoms with Crippen molar-refractivity contribution < 1.29 is 14.3 Å². The number of hydrogen-bond donors (Lipinski definition) is 0. The van der Waals surface area contributed by atoms with Crippen LogP contribution in [0.2, 0.25) is 0 Å². The number of piperidine rings is 1. The van der Waals surface area contributed by atoms with Crippen LogP contribution in [0.4, 0.5) is 5.69 Å². The molecule has 29 heavy (non-hydrogen) atoms. The van der Waals surface area contributed by atoms with Gasteiger partial charge in [-0.3, -0.25) is 9.59 Å². The molecule has 0 bridgehead atoms. The predicted molar refractivity (Wildman–Crippen MR) is 115 cm³/mol. The van der Waals surface area contributed by atoms with Gasteiger partial charge >= 0.3 is 0 Å². The first-order valence-electron chi connectivity index (χ1n) is 10.1. The molecule has 0 spiro atoms. The highest BCUT2D eigenvalue weighted by molar-refractivity contribution is 5.97. The van der Waals surface area contributed by atoms with Crippen LogP contribution in [0.15, 0.2) is 48.5 Å². The van der Waals surface area contributed by atoms with Crippen LogP contribution in [0.1, 0.15) is 43.9 Å². The molecule has 5 heteroatoms. The van der Waals surface area contributed by atoms with Gasteiger partial charge in [-0.15, -0.1) is 0 Å². The average Bonchev–Trinajstić information content (AvgIpc) is 2.73. The third-order valence-corrected chi connectivity index (χ3v) is 5.81. The summed E-state index contributed by atoms with van der Waals surface area (Å²) in [5.74, 6) is 0.575. The zero-order valence-electron chi connectivity index (χ0n) is 17.9. The van der Waals surface area contributed by atoms with E-state index in [9.17, 15) is 9.59 Å². The van der Waals surface area contributed by atoms with Crippen molar-refractivity contribution >= 4 is 17.5 Å². The number of hydrogen-bond acceptors (Lipinski definition) is 3. The van der Waals surface area contributed by atoms with Gasteiger partial charge in [0.2, 0.25) is 11.8 Å². The average molecular weight is 395 g/mol. The van der Waals surface area contributed by atoms with Crippen LogP contribution in [0, 0.1) is 12.8 Å². The highest BCUT2D eigenvalue weighted by Gasteiger charge is 2.42. The number of methoxy groups -OCH3 is 1. The number of nitrogens with zero attached hydrogens (tertiary/aromatic N) is 2. The molecule has 0 aliphatic carbocycles. The van der Waals surface area contributed by atoms with E-state index in [-0.39, 0.29) is 29.8 Å². The number of amides is 2. The van der Waals surface area contributed by atoms with Gasteiger partial charge in [0.1, 0.15) is 5.75 Å². The summed E-state index contributed by atoms with van der Waals surface area (Å²) in [5, 5.41) is 0. The SMILES string of the molecule is COc1ccc(C2C(C(=O)N(C)C(C)C)CCC(=O)N2c2ccc(C)cc2)cc1. The lowest BCUT2D eigenvalue weighted by Gasteiger charge is -2.42. The Hall–Kier alpha value is -2.82. The molecular formula is C24H30N2O3. The minimum absolute atomic E-state index is 0.0471. The molecule has 154 valence electrons. The molecule has 0 N–H and O–H groups in total. The van der Waals surface area contributed by atoms with Crippen LogP contribution in [-0.2, 0) is 9.59 Å². The molecule has 2 unspecified atom stereocenters. The van der Waals surface area contributed by atoms with Crippen LogP contribution in [0.25, 0.3) is 0 Å². The second-order valence-electron chi connectivity index (χ2n) is 8.01. The first-order valence-corrected chi connectivity index (χ1v) is 10.1. The number of ether oxygens (including phenoxy) is 1. The monoisotopic (exact) mass is 394 g/mol.